The van der Waals surface area contributed by atoms with Crippen LogP contribution in [0.3, 0.4) is 0 Å². The second kappa shape index (κ2) is 11.7. The normalized spacial score (nSPS) is 12.4. The number of nitrogens with zero attached hydrogens (tertiary/aromatic N) is 5. The van der Waals surface area contributed by atoms with Crippen LogP contribution in [0.15, 0.2) is 140 Å². The highest BCUT2D eigenvalue weighted by atomic mass is 15.3. The molecule has 5 nitrogen and oxygen atoms in total. The van der Waals surface area contributed by atoms with E-state index in [0.717, 1.165) is 49.5 Å². The first-order valence-corrected chi connectivity index (χ1v) is 18.1. The monoisotopic (exact) mass is 675 g/mol. The van der Waals surface area contributed by atoms with Gasteiger partial charge >= 0.3 is 0 Å². The maximum Gasteiger partial charge on any atom is 0.240 e. The molecular weight excluding hydrogens is 635 g/mol. The van der Waals surface area contributed by atoms with Gasteiger partial charge in [-0.05, 0) is 63.4 Å². The van der Waals surface area contributed by atoms with E-state index in [-0.39, 0.29) is 10.8 Å². The molecule has 0 amide bonds. The third-order valence-corrected chi connectivity index (χ3v) is 10.3. The van der Waals surface area contributed by atoms with Crippen LogP contribution in [0.25, 0.3) is 78.0 Å². The lowest BCUT2D eigenvalue weighted by atomic mass is 9.79. The Kier molecular flexibility index (Phi) is 7.20. The number of hydrogen-bond acceptors (Lipinski definition) is 3. The Labute approximate surface area is 304 Å². The van der Waals surface area contributed by atoms with E-state index in [9.17, 15) is 0 Å². The molecule has 9 aromatic rings. The zero-order chi connectivity index (χ0) is 35.8. The van der Waals surface area contributed by atoms with Crippen molar-refractivity contribution in [3.05, 3.63) is 151 Å². The molecule has 254 valence electrons. The summed E-state index contributed by atoms with van der Waals surface area (Å²) < 4.78 is 4.47. The van der Waals surface area contributed by atoms with E-state index in [1.807, 2.05) is 6.07 Å². The molecule has 0 unspecified atom stereocenters. The van der Waals surface area contributed by atoms with Crippen LogP contribution in [-0.2, 0) is 10.8 Å². The molecule has 0 fully saturated rings. The van der Waals surface area contributed by atoms with Gasteiger partial charge in [0.25, 0.3) is 0 Å². The van der Waals surface area contributed by atoms with Gasteiger partial charge in [0.05, 0.1) is 22.1 Å². The Bertz CT molecular complexity index is 2750. The summed E-state index contributed by atoms with van der Waals surface area (Å²) in [5.41, 5.74) is 9.89. The summed E-state index contributed by atoms with van der Waals surface area (Å²) in [6, 6.07) is 49.4. The molecule has 0 spiro atoms. The molecule has 6 aromatic carbocycles. The van der Waals surface area contributed by atoms with Crippen LogP contribution in [0.5, 0.6) is 0 Å². The number of hydrogen-bond donors (Lipinski definition) is 0. The molecule has 0 aliphatic heterocycles. The first-order valence-electron chi connectivity index (χ1n) is 18.1. The zero-order valence-corrected chi connectivity index (χ0v) is 30.5. The molecule has 0 aliphatic carbocycles. The molecule has 52 heavy (non-hydrogen) atoms. The second-order valence-corrected chi connectivity index (χ2v) is 15.8. The van der Waals surface area contributed by atoms with Gasteiger partial charge in [-0.25, -0.2) is 0 Å². The fourth-order valence-electron chi connectivity index (χ4n) is 7.60. The average molecular weight is 676 g/mol. The Morgan fingerprint density at radius 1 is 0.404 bits per heavy atom. The lowest BCUT2D eigenvalue weighted by molar-refractivity contribution is 0.572. The van der Waals surface area contributed by atoms with Crippen molar-refractivity contribution >= 4 is 43.6 Å². The predicted molar refractivity (Wildman–Crippen MR) is 217 cm³/mol. The fraction of sp³-hybridized carbons (Fsp3) is 0.170. The minimum atomic E-state index is -0.152. The first-order chi connectivity index (χ1) is 25.1. The van der Waals surface area contributed by atoms with Gasteiger partial charge in [0.15, 0.2) is 5.82 Å². The number of aromatic nitrogens is 5. The number of para-hydroxylation sites is 3. The van der Waals surface area contributed by atoms with Crippen LogP contribution in [0.2, 0.25) is 0 Å². The van der Waals surface area contributed by atoms with E-state index in [1.165, 1.54) is 21.9 Å². The van der Waals surface area contributed by atoms with Gasteiger partial charge < -0.3 is 0 Å². The van der Waals surface area contributed by atoms with Crippen LogP contribution >= 0.6 is 0 Å². The number of benzene rings is 6. The second-order valence-electron chi connectivity index (χ2n) is 15.8. The molecule has 0 bridgehead atoms. The van der Waals surface area contributed by atoms with Crippen molar-refractivity contribution in [3.63, 3.8) is 0 Å². The summed E-state index contributed by atoms with van der Waals surface area (Å²) in [7, 11) is 0. The van der Waals surface area contributed by atoms with Gasteiger partial charge in [-0.3, -0.25) is 9.13 Å². The molecule has 0 atom stereocenters. The van der Waals surface area contributed by atoms with E-state index in [1.54, 1.807) is 0 Å². The molecule has 0 radical (unpaired) electrons. The smallest absolute Gasteiger partial charge is 0.240 e. The van der Waals surface area contributed by atoms with Gasteiger partial charge in [0, 0.05) is 27.1 Å². The minimum absolute atomic E-state index is 0.0226. The van der Waals surface area contributed by atoms with Gasteiger partial charge in [0.1, 0.15) is 0 Å². The maximum atomic E-state index is 5.42. The molecule has 5 heteroatoms. The highest BCUT2D eigenvalue weighted by Gasteiger charge is 2.28. The highest BCUT2D eigenvalue weighted by Crippen LogP contribution is 2.41. The summed E-state index contributed by atoms with van der Waals surface area (Å²) in [6.45, 7) is 13.8. The summed E-state index contributed by atoms with van der Waals surface area (Å²) in [5, 5.41) is 4.71. The molecule has 0 saturated heterocycles. The molecule has 9 rings (SSSR count). The van der Waals surface area contributed by atoms with Crippen molar-refractivity contribution < 1.29 is 0 Å². The van der Waals surface area contributed by atoms with Gasteiger partial charge in [-0.1, -0.05) is 151 Å². The first kappa shape index (κ1) is 31.9. The van der Waals surface area contributed by atoms with Crippen LogP contribution in [-0.4, -0.2) is 24.1 Å². The summed E-state index contributed by atoms with van der Waals surface area (Å²) >= 11 is 0. The average Bonchev–Trinajstić information content (AvgIpc) is 3.67. The van der Waals surface area contributed by atoms with Crippen molar-refractivity contribution in [2.45, 2.75) is 52.4 Å². The summed E-state index contributed by atoms with van der Waals surface area (Å²) in [6.07, 6.45) is 0. The fourth-order valence-corrected chi connectivity index (χ4v) is 7.60. The lowest BCUT2D eigenvalue weighted by Gasteiger charge is -2.26. The lowest BCUT2D eigenvalue weighted by Crippen LogP contribution is -2.18. The Morgan fingerprint density at radius 3 is 1.50 bits per heavy atom. The molecular formula is C47H41N5. The van der Waals surface area contributed by atoms with E-state index >= 15 is 0 Å². The topological polar surface area (TPSA) is 48.5 Å². The predicted octanol–water partition coefficient (Wildman–Crippen LogP) is 12.0. The van der Waals surface area contributed by atoms with Gasteiger partial charge in [-0.2, -0.15) is 15.0 Å². The molecule has 3 heterocycles. The summed E-state index contributed by atoms with van der Waals surface area (Å²) in [5.74, 6) is 1.79. The van der Waals surface area contributed by atoms with Crippen LogP contribution in [0.1, 0.15) is 52.7 Å². The number of rotatable bonds is 4. The van der Waals surface area contributed by atoms with Crippen molar-refractivity contribution in [2.75, 3.05) is 0 Å². The van der Waals surface area contributed by atoms with E-state index in [4.69, 9.17) is 15.0 Å². The Balaban J connectivity index is 1.41. The van der Waals surface area contributed by atoms with Gasteiger partial charge in [0.2, 0.25) is 11.9 Å². The van der Waals surface area contributed by atoms with Gasteiger partial charge in [-0.15, -0.1) is 0 Å². The Hall–Kier alpha value is -6.07. The molecule has 0 aliphatic rings. The quantitative estimate of drug-likeness (QED) is 0.187. The standard InChI is InChI=1S/C47H41N5/c1-46(2,3)33-28-37-36-23-12-15-26-41(36)52(42(37)38(29-33)47(4,5)6)45-49-43(32-20-16-19-31(27-32)30-17-8-7-9-18-30)48-44(50-45)51-39-24-13-10-21-34(39)35-22-11-14-25-40(35)51/h7-29H,1-6H3. The van der Waals surface area contributed by atoms with Crippen LogP contribution in [0.4, 0.5) is 0 Å². The van der Waals surface area contributed by atoms with Crippen molar-refractivity contribution in [3.8, 4) is 34.4 Å². The van der Waals surface area contributed by atoms with Crippen molar-refractivity contribution in [1.29, 1.82) is 0 Å². The SMILES string of the molecule is CC(C)(C)c1cc(C(C)(C)C)c2c(c1)c1ccccc1n2-c1nc(-c2cccc(-c3ccccc3)c2)nc(-n2c3ccccc3c3ccccc32)n1. The third kappa shape index (κ3) is 5.19. The largest absolute Gasteiger partial charge is 0.278 e. The third-order valence-electron chi connectivity index (χ3n) is 10.3. The minimum Gasteiger partial charge on any atom is -0.278 e. The molecule has 3 aromatic heterocycles. The van der Waals surface area contributed by atoms with E-state index in [0.29, 0.717) is 17.7 Å². The van der Waals surface area contributed by atoms with Crippen molar-refractivity contribution in [1.82, 2.24) is 24.1 Å². The molecule has 0 saturated carbocycles. The van der Waals surface area contributed by atoms with Crippen LogP contribution < -0.4 is 0 Å². The number of fused-ring (bicyclic) bond motifs is 6. The highest BCUT2D eigenvalue weighted by molar-refractivity contribution is 6.11. The van der Waals surface area contributed by atoms with E-state index in [2.05, 4.69) is 184 Å². The molecule has 0 N–H and O–H groups in total. The van der Waals surface area contributed by atoms with Crippen molar-refractivity contribution in [2.24, 2.45) is 0 Å². The van der Waals surface area contributed by atoms with E-state index < -0.39 is 0 Å². The Morgan fingerprint density at radius 2 is 0.904 bits per heavy atom. The summed E-state index contributed by atoms with van der Waals surface area (Å²) in [4.78, 5) is 16.1. The van der Waals surface area contributed by atoms with Crippen LogP contribution in [0, 0.1) is 0 Å². The zero-order valence-electron chi connectivity index (χ0n) is 30.5. The maximum absolute atomic E-state index is 5.42.